The molecule has 0 spiro atoms. The monoisotopic (exact) mass is 273 g/mol. The third-order valence-corrected chi connectivity index (χ3v) is 2.61. The van der Waals surface area contributed by atoms with Gasteiger partial charge in [0.1, 0.15) is 11.6 Å². The number of para-hydroxylation sites is 2. The van der Waals surface area contributed by atoms with E-state index in [9.17, 15) is 0 Å². The number of hydrogen-bond acceptors (Lipinski definition) is 5. The van der Waals surface area contributed by atoms with E-state index in [1.54, 1.807) is 6.07 Å². The molecule has 20 heavy (non-hydrogen) atoms. The van der Waals surface area contributed by atoms with Crippen molar-refractivity contribution >= 4 is 5.82 Å². The van der Waals surface area contributed by atoms with Gasteiger partial charge in [-0.15, -0.1) is 0 Å². The third kappa shape index (κ3) is 3.60. The first-order valence-electron chi connectivity index (χ1n) is 6.76. The number of anilines is 1. The molecule has 0 saturated carbocycles. The van der Waals surface area contributed by atoms with Gasteiger partial charge in [0.25, 0.3) is 0 Å². The molecular weight excluding hydrogens is 254 g/mol. The van der Waals surface area contributed by atoms with Gasteiger partial charge in [0.05, 0.1) is 6.61 Å². The molecule has 0 atom stereocenters. The molecule has 0 aliphatic rings. The van der Waals surface area contributed by atoms with Crippen molar-refractivity contribution in [1.29, 1.82) is 0 Å². The number of aromatic nitrogens is 2. The van der Waals surface area contributed by atoms with E-state index in [1.165, 1.54) is 0 Å². The third-order valence-electron chi connectivity index (χ3n) is 2.61. The molecule has 0 aliphatic carbocycles. The lowest BCUT2D eigenvalue weighted by atomic mass is 10.3. The fraction of sp³-hybridized carbons (Fsp3) is 0.333. The summed E-state index contributed by atoms with van der Waals surface area (Å²) in [6, 6.07) is 9.09. The van der Waals surface area contributed by atoms with Crippen LogP contribution in [0.3, 0.4) is 0 Å². The minimum atomic E-state index is 0.410. The topological polar surface area (TPSA) is 70.3 Å². The molecule has 0 unspecified atom stereocenters. The Hall–Kier alpha value is -2.30. The highest BCUT2D eigenvalue weighted by Gasteiger charge is 2.08. The number of nitrogens with two attached hydrogens (primary N) is 1. The van der Waals surface area contributed by atoms with Crippen LogP contribution in [-0.4, -0.2) is 16.6 Å². The molecule has 2 aromatic rings. The molecule has 5 heteroatoms. The van der Waals surface area contributed by atoms with Crippen LogP contribution in [0.15, 0.2) is 30.3 Å². The zero-order valence-corrected chi connectivity index (χ0v) is 11.8. The van der Waals surface area contributed by atoms with Crippen molar-refractivity contribution in [2.45, 2.75) is 26.7 Å². The van der Waals surface area contributed by atoms with Gasteiger partial charge < -0.3 is 15.2 Å². The lowest BCUT2D eigenvalue weighted by Gasteiger charge is -2.11. The lowest BCUT2D eigenvalue weighted by molar-refractivity contribution is 0.319. The fourth-order valence-electron chi connectivity index (χ4n) is 1.80. The van der Waals surface area contributed by atoms with Crippen LogP contribution in [0, 0.1) is 0 Å². The van der Waals surface area contributed by atoms with Crippen LogP contribution in [-0.2, 0) is 6.42 Å². The molecule has 5 nitrogen and oxygen atoms in total. The molecule has 0 amide bonds. The molecule has 1 heterocycles. The first-order valence-corrected chi connectivity index (χ1v) is 6.76. The minimum absolute atomic E-state index is 0.410. The summed E-state index contributed by atoms with van der Waals surface area (Å²) >= 11 is 0. The Bertz CT molecular complexity index is 573. The molecule has 0 fully saturated rings. The first kappa shape index (κ1) is 14.1. The molecule has 0 saturated heterocycles. The van der Waals surface area contributed by atoms with Crippen molar-refractivity contribution in [3.05, 3.63) is 36.2 Å². The first-order chi connectivity index (χ1) is 9.72. The molecule has 2 N–H and O–H groups in total. The van der Waals surface area contributed by atoms with E-state index in [1.807, 2.05) is 31.2 Å². The van der Waals surface area contributed by atoms with Crippen LogP contribution in [0.5, 0.6) is 17.4 Å². The number of benzene rings is 1. The summed E-state index contributed by atoms with van der Waals surface area (Å²) in [5.41, 5.74) is 5.78. The normalized spacial score (nSPS) is 10.3. The Kier molecular flexibility index (Phi) is 4.76. The van der Waals surface area contributed by atoms with Gasteiger partial charge in [-0.1, -0.05) is 19.1 Å². The standard InChI is InChI=1S/C15H19N3O2/c1-3-7-14-17-13(16)10-15(18-14)20-12-9-6-5-8-11(12)19-4-2/h5-6,8-10H,3-4,7H2,1-2H3,(H2,16,17,18). The summed E-state index contributed by atoms with van der Waals surface area (Å²) in [5, 5.41) is 0. The molecule has 1 aromatic carbocycles. The highest BCUT2D eigenvalue weighted by Crippen LogP contribution is 2.30. The molecule has 106 valence electrons. The average molecular weight is 273 g/mol. The Morgan fingerprint density at radius 1 is 1.10 bits per heavy atom. The van der Waals surface area contributed by atoms with Gasteiger partial charge in [-0.3, -0.25) is 0 Å². The van der Waals surface area contributed by atoms with Gasteiger partial charge in [0.2, 0.25) is 5.88 Å². The highest BCUT2D eigenvalue weighted by molar-refractivity contribution is 5.43. The predicted octanol–water partition coefficient (Wildman–Crippen LogP) is 3.20. The quantitative estimate of drug-likeness (QED) is 0.875. The maximum absolute atomic E-state index is 5.78. The molecule has 1 aromatic heterocycles. The van der Waals surface area contributed by atoms with E-state index in [4.69, 9.17) is 15.2 Å². The fourth-order valence-corrected chi connectivity index (χ4v) is 1.80. The van der Waals surface area contributed by atoms with Crippen LogP contribution in [0.25, 0.3) is 0 Å². The van der Waals surface area contributed by atoms with Crippen LogP contribution in [0.4, 0.5) is 5.82 Å². The van der Waals surface area contributed by atoms with Crippen LogP contribution in [0.2, 0.25) is 0 Å². The van der Waals surface area contributed by atoms with Crippen molar-refractivity contribution in [3.63, 3.8) is 0 Å². The van der Waals surface area contributed by atoms with Gasteiger partial charge in [0, 0.05) is 12.5 Å². The Morgan fingerprint density at radius 3 is 2.55 bits per heavy atom. The molecular formula is C15H19N3O2. The zero-order valence-electron chi connectivity index (χ0n) is 11.8. The van der Waals surface area contributed by atoms with Gasteiger partial charge in [-0.25, -0.2) is 4.98 Å². The average Bonchev–Trinajstić information content (AvgIpc) is 2.41. The maximum atomic E-state index is 5.78. The number of nitrogens with zero attached hydrogens (tertiary/aromatic N) is 2. The van der Waals surface area contributed by atoms with E-state index < -0.39 is 0 Å². The van der Waals surface area contributed by atoms with Crippen molar-refractivity contribution in [1.82, 2.24) is 9.97 Å². The Morgan fingerprint density at radius 2 is 1.85 bits per heavy atom. The number of aryl methyl sites for hydroxylation is 1. The number of nitrogen functional groups attached to an aromatic ring is 1. The van der Waals surface area contributed by atoms with Gasteiger partial charge >= 0.3 is 0 Å². The SMILES string of the molecule is CCCc1nc(N)cc(Oc2ccccc2OCC)n1. The predicted molar refractivity (Wildman–Crippen MR) is 78.1 cm³/mol. The summed E-state index contributed by atoms with van der Waals surface area (Å²) in [6.45, 7) is 4.57. The second-order valence-electron chi connectivity index (χ2n) is 4.28. The van der Waals surface area contributed by atoms with Crippen molar-refractivity contribution in [2.75, 3.05) is 12.3 Å². The Balaban J connectivity index is 2.25. The van der Waals surface area contributed by atoms with Crippen molar-refractivity contribution in [3.8, 4) is 17.4 Å². The van der Waals surface area contributed by atoms with Crippen molar-refractivity contribution in [2.24, 2.45) is 0 Å². The molecule has 0 aliphatic heterocycles. The van der Waals surface area contributed by atoms with E-state index in [-0.39, 0.29) is 0 Å². The van der Waals surface area contributed by atoms with Gasteiger partial charge in [-0.05, 0) is 25.5 Å². The second-order valence-corrected chi connectivity index (χ2v) is 4.28. The van der Waals surface area contributed by atoms with Gasteiger partial charge in [0.15, 0.2) is 11.5 Å². The molecule has 0 radical (unpaired) electrons. The summed E-state index contributed by atoms with van der Waals surface area (Å²) in [5.74, 6) is 2.84. The number of rotatable bonds is 6. The van der Waals surface area contributed by atoms with E-state index >= 15 is 0 Å². The lowest BCUT2D eigenvalue weighted by Crippen LogP contribution is -2.02. The highest BCUT2D eigenvalue weighted by atomic mass is 16.5. The largest absolute Gasteiger partial charge is 0.490 e. The summed E-state index contributed by atoms with van der Waals surface area (Å²) in [7, 11) is 0. The smallest absolute Gasteiger partial charge is 0.224 e. The van der Waals surface area contributed by atoms with Crippen LogP contribution in [0.1, 0.15) is 26.1 Å². The zero-order chi connectivity index (χ0) is 14.4. The summed E-state index contributed by atoms with van der Waals surface area (Å²) in [4.78, 5) is 8.53. The van der Waals surface area contributed by atoms with Gasteiger partial charge in [-0.2, -0.15) is 4.98 Å². The molecule has 0 bridgehead atoms. The Labute approximate surface area is 118 Å². The second kappa shape index (κ2) is 6.75. The number of ether oxygens (including phenoxy) is 2. The number of hydrogen-bond donors (Lipinski definition) is 1. The van der Waals surface area contributed by atoms with Crippen LogP contribution < -0.4 is 15.2 Å². The molecule has 2 rings (SSSR count). The van der Waals surface area contributed by atoms with E-state index in [0.717, 1.165) is 12.8 Å². The van der Waals surface area contributed by atoms with Crippen LogP contribution >= 0.6 is 0 Å². The summed E-state index contributed by atoms with van der Waals surface area (Å²) in [6.07, 6.45) is 1.73. The van der Waals surface area contributed by atoms with E-state index in [0.29, 0.717) is 35.6 Å². The van der Waals surface area contributed by atoms with E-state index in [2.05, 4.69) is 16.9 Å². The summed E-state index contributed by atoms with van der Waals surface area (Å²) < 4.78 is 11.3. The minimum Gasteiger partial charge on any atom is -0.490 e. The van der Waals surface area contributed by atoms with Crippen molar-refractivity contribution < 1.29 is 9.47 Å². The maximum Gasteiger partial charge on any atom is 0.224 e.